The summed E-state index contributed by atoms with van der Waals surface area (Å²) in [5, 5.41) is 3.03. The lowest BCUT2D eigenvalue weighted by Crippen LogP contribution is -2.44. The van der Waals surface area contributed by atoms with Crippen LogP contribution in [0.3, 0.4) is 0 Å². The molecule has 43 heavy (non-hydrogen) atoms. The van der Waals surface area contributed by atoms with E-state index in [1.54, 1.807) is 36.8 Å². The molecule has 6 rings (SSSR count). The molecule has 0 bridgehead atoms. The van der Waals surface area contributed by atoms with Gasteiger partial charge in [0, 0.05) is 29.4 Å². The smallest absolute Gasteiger partial charge is 0.382 e. The Labute approximate surface area is 248 Å². The number of carbonyl (C=O) groups is 1. The number of fused-ring (bicyclic) bond motifs is 2. The summed E-state index contributed by atoms with van der Waals surface area (Å²) in [5.41, 5.74) is 11.9. The minimum absolute atomic E-state index is 0.106. The van der Waals surface area contributed by atoms with Crippen molar-refractivity contribution in [3.05, 3.63) is 96.7 Å². The third-order valence-corrected chi connectivity index (χ3v) is 8.23. The van der Waals surface area contributed by atoms with Crippen molar-refractivity contribution in [2.75, 3.05) is 12.3 Å². The number of benzene rings is 2. The van der Waals surface area contributed by atoms with Gasteiger partial charge < -0.3 is 20.2 Å². The second-order valence-corrected chi connectivity index (χ2v) is 11.7. The van der Waals surface area contributed by atoms with Gasteiger partial charge in [-0.3, -0.25) is 19.2 Å². The van der Waals surface area contributed by atoms with Crippen LogP contribution in [-0.2, 0) is 31.7 Å². The Hall–Kier alpha value is -4.39. The van der Waals surface area contributed by atoms with E-state index in [2.05, 4.69) is 30.5 Å². The van der Waals surface area contributed by atoms with Gasteiger partial charge in [0.2, 0.25) is 5.91 Å². The number of carbonyl (C=O) groups excluding carboxylic acids is 1. The first kappa shape index (κ1) is 27.4. The number of rotatable bonds is 12. The van der Waals surface area contributed by atoms with Crippen LogP contribution < -0.4 is 16.3 Å². The van der Waals surface area contributed by atoms with Crippen LogP contribution in [-0.4, -0.2) is 48.0 Å². The predicted octanol–water partition coefficient (Wildman–Crippen LogP) is 3.57. The number of H-pyrrole nitrogens is 1. The molecule has 0 radical (unpaired) electrons. The monoisotopic (exact) mass is 603 g/mol. The van der Waals surface area contributed by atoms with E-state index in [0.717, 1.165) is 16.5 Å². The molecule has 0 spiro atoms. The number of imidazole rings is 1. The first-order valence-electron chi connectivity index (χ1n) is 14.2. The number of anilines is 1. The molecule has 0 fully saturated rings. The number of aromatic amines is 1. The highest BCUT2D eigenvalue weighted by Crippen LogP contribution is 2.40. The van der Waals surface area contributed by atoms with E-state index >= 15 is 0 Å². The van der Waals surface area contributed by atoms with Gasteiger partial charge in [0.05, 0.1) is 26.9 Å². The van der Waals surface area contributed by atoms with Crippen LogP contribution >= 0.6 is 7.75 Å². The summed E-state index contributed by atoms with van der Waals surface area (Å²) in [7, 11) is -4.56. The average Bonchev–Trinajstić information content (AvgIpc) is 3.77. The van der Waals surface area contributed by atoms with Gasteiger partial charge in [0.15, 0.2) is 11.5 Å². The zero-order valence-corrected chi connectivity index (χ0v) is 23.8. The zero-order valence-electron chi connectivity index (χ0n) is 23.9. The fraction of sp³-hybridized carbons (Fsp3) is 0.241. The van der Waals surface area contributed by atoms with Gasteiger partial charge in [-0.2, -0.15) is 5.48 Å². The first-order valence-corrected chi connectivity index (χ1v) is 15.2. The number of nitrogen functional groups attached to an aromatic ring is 1. The van der Waals surface area contributed by atoms with Crippen LogP contribution in [0.15, 0.2) is 85.6 Å². The maximum Gasteiger partial charge on any atom is 0.432 e. The highest BCUT2D eigenvalue weighted by atomic mass is 31.2. The molecule has 222 valence electrons. The number of nitrogens with zero attached hydrogens (tertiary/aromatic N) is 4. The van der Waals surface area contributed by atoms with Crippen LogP contribution in [0.4, 0.5) is 5.82 Å². The Bertz CT molecular complexity index is 1850. The number of allylic oxidation sites excluding steroid dienone is 1. The Morgan fingerprint density at radius 2 is 2.00 bits per heavy atom. The molecule has 6 N–H and O–H groups in total. The maximum atomic E-state index is 13.3. The molecule has 13 nitrogen and oxygen atoms in total. The fourth-order valence-electron chi connectivity index (χ4n) is 5.07. The van der Waals surface area contributed by atoms with Crippen molar-refractivity contribution in [1.29, 1.82) is 0 Å². The second kappa shape index (κ2) is 12.5. The van der Waals surface area contributed by atoms with Crippen molar-refractivity contribution in [2.45, 2.75) is 31.5 Å². The maximum absolute atomic E-state index is 13.3. The minimum atomic E-state index is -4.56. The summed E-state index contributed by atoms with van der Waals surface area (Å²) in [6, 6.07) is 15.2. The fourth-order valence-corrected chi connectivity index (χ4v) is 5.96. The molecule has 1 aliphatic carbocycles. The highest BCUT2D eigenvalue weighted by Gasteiger charge is 2.31. The summed E-state index contributed by atoms with van der Waals surface area (Å²) in [4.78, 5) is 45.1. The Kier molecular flexibility index (Phi) is 7.95. The standard InChI is InChI=1S/C29H31N8O5P/c30-27-26-28(33-17-32-27)37(18-34-26)22-11-10-20(12-22)16-42-43(39,40)36-29(38)25(35-41-15-19-6-2-1-3-7-19)13-21-14-31-24-9-5-4-8-23(21)24/h1-11,14,17-18,20,22,25,31,35H,12-13,15-16H2,(H2,30,32,33)(H2,36,38,39,40)/t20-,22+,25-/m0/s1/i15D/t15?,20-,22+,25-. The summed E-state index contributed by atoms with van der Waals surface area (Å²) in [6.45, 7) is -1.24. The van der Waals surface area contributed by atoms with Gasteiger partial charge in [-0.05, 0) is 23.6 Å². The molecule has 1 aliphatic rings. The van der Waals surface area contributed by atoms with Crippen LogP contribution in [0.5, 0.6) is 0 Å². The van der Waals surface area contributed by atoms with Crippen molar-refractivity contribution < 1.29 is 25.0 Å². The van der Waals surface area contributed by atoms with E-state index in [9.17, 15) is 14.3 Å². The van der Waals surface area contributed by atoms with Gasteiger partial charge in [-0.25, -0.2) is 19.5 Å². The van der Waals surface area contributed by atoms with Crippen molar-refractivity contribution >= 4 is 41.5 Å². The van der Waals surface area contributed by atoms with E-state index < -0.39 is 26.3 Å². The molecule has 0 aliphatic heterocycles. The van der Waals surface area contributed by atoms with Gasteiger partial charge in [0.25, 0.3) is 0 Å². The molecule has 3 aromatic heterocycles. The molecule has 14 heteroatoms. The first-order chi connectivity index (χ1) is 21.3. The molecular formula is C29H31N8O5P. The van der Waals surface area contributed by atoms with E-state index in [4.69, 9.17) is 16.5 Å². The highest BCUT2D eigenvalue weighted by molar-refractivity contribution is 7.51. The largest absolute Gasteiger partial charge is 0.432 e. The third-order valence-electron chi connectivity index (χ3n) is 7.23. The van der Waals surface area contributed by atoms with Crippen LogP contribution in [0.1, 0.15) is 25.0 Å². The summed E-state index contributed by atoms with van der Waals surface area (Å²) >= 11 is 0. The lowest BCUT2D eigenvalue weighted by molar-refractivity contribution is -0.126. The normalized spacial score (nSPS) is 19.7. The topological polar surface area (TPSA) is 182 Å². The van der Waals surface area contributed by atoms with Crippen LogP contribution in [0.25, 0.3) is 22.1 Å². The molecule has 3 heterocycles. The molecule has 0 saturated carbocycles. The molecule has 5 aromatic rings. The number of nitrogens with one attached hydrogen (secondary N) is 3. The minimum Gasteiger partial charge on any atom is -0.382 e. The molecular weight excluding hydrogens is 571 g/mol. The number of hydroxylamine groups is 1. The molecule has 1 amide bonds. The van der Waals surface area contributed by atoms with Crippen molar-refractivity contribution in [1.82, 2.24) is 35.1 Å². The SMILES string of the molecule is [2H]C(ON[C@@H](Cc1c[nH]c2ccccc12)C(=O)NP(=O)(O)OC[C@H]1C=C[C@@H](n2cnc3c(N)ncnc32)C1)c1ccccc1. The third kappa shape index (κ3) is 6.66. The van der Waals surface area contributed by atoms with Gasteiger partial charge in [-0.15, -0.1) is 0 Å². The average molecular weight is 604 g/mol. The summed E-state index contributed by atoms with van der Waals surface area (Å²) < 4.78 is 28.5. The quantitative estimate of drug-likeness (QED) is 0.0803. The van der Waals surface area contributed by atoms with E-state index in [1.165, 1.54) is 6.33 Å². The predicted molar refractivity (Wildman–Crippen MR) is 160 cm³/mol. The van der Waals surface area contributed by atoms with Crippen LogP contribution in [0.2, 0.25) is 0 Å². The van der Waals surface area contributed by atoms with Gasteiger partial charge in [-0.1, -0.05) is 60.7 Å². The Morgan fingerprint density at radius 3 is 2.86 bits per heavy atom. The van der Waals surface area contributed by atoms with Crippen molar-refractivity contribution in [3.8, 4) is 0 Å². The molecule has 0 saturated heterocycles. The number of aromatic nitrogens is 5. The summed E-state index contributed by atoms with van der Waals surface area (Å²) in [6.07, 6.45) is 9.27. The molecule has 2 unspecified atom stereocenters. The zero-order chi connectivity index (χ0) is 30.7. The Balaban J connectivity index is 1.09. The van der Waals surface area contributed by atoms with Crippen molar-refractivity contribution in [2.24, 2.45) is 5.92 Å². The van der Waals surface area contributed by atoms with Crippen molar-refractivity contribution in [3.63, 3.8) is 0 Å². The number of amides is 1. The lowest BCUT2D eigenvalue weighted by Gasteiger charge is -2.21. The Morgan fingerprint density at radius 1 is 1.19 bits per heavy atom. The summed E-state index contributed by atoms with van der Waals surface area (Å²) in [5.74, 6) is -0.732. The lowest BCUT2D eigenvalue weighted by atomic mass is 10.1. The van der Waals surface area contributed by atoms with E-state index in [-0.39, 0.29) is 30.8 Å². The van der Waals surface area contributed by atoms with E-state index in [0.29, 0.717) is 23.1 Å². The van der Waals surface area contributed by atoms with Crippen LogP contribution in [0, 0.1) is 5.92 Å². The number of hydrogen-bond donors (Lipinski definition) is 5. The number of nitrogens with two attached hydrogens (primary N) is 1. The van der Waals surface area contributed by atoms with Gasteiger partial charge >= 0.3 is 7.75 Å². The second-order valence-electron chi connectivity index (χ2n) is 10.2. The number of hydrogen-bond acceptors (Lipinski definition) is 9. The van der Waals surface area contributed by atoms with E-state index in [1.807, 2.05) is 47.1 Å². The van der Waals surface area contributed by atoms with Gasteiger partial charge in [0.1, 0.15) is 17.9 Å². The number of para-hydroxylation sites is 1. The molecule has 2 aromatic carbocycles. The molecule has 5 atom stereocenters.